The van der Waals surface area contributed by atoms with E-state index in [9.17, 15) is 4.79 Å². The Labute approximate surface area is 211 Å². The molecule has 0 radical (unpaired) electrons. The molecule has 0 amide bonds. The van der Waals surface area contributed by atoms with Crippen molar-refractivity contribution >= 4 is 27.6 Å². The van der Waals surface area contributed by atoms with Crippen LogP contribution in [0.5, 0.6) is 11.5 Å². The largest absolute Gasteiger partial charge is 0.464 e. The lowest BCUT2D eigenvalue weighted by Crippen LogP contribution is -2.33. The van der Waals surface area contributed by atoms with E-state index >= 15 is 0 Å². The minimum Gasteiger partial charge on any atom is -0.464 e. The maximum atomic E-state index is 12.5. The van der Waals surface area contributed by atoms with Gasteiger partial charge in [-0.3, -0.25) is 0 Å². The summed E-state index contributed by atoms with van der Waals surface area (Å²) in [7, 11) is 0. The molecule has 2 aliphatic heterocycles. The Bertz CT molecular complexity index is 1400. The highest BCUT2D eigenvalue weighted by Crippen LogP contribution is 2.47. The van der Waals surface area contributed by atoms with Crippen LogP contribution in [0.3, 0.4) is 0 Å². The zero-order valence-electron chi connectivity index (χ0n) is 18.7. The summed E-state index contributed by atoms with van der Waals surface area (Å²) in [6, 6.07) is 33.0. The van der Waals surface area contributed by atoms with E-state index in [1.165, 1.54) is 0 Å². The van der Waals surface area contributed by atoms with Crippen molar-refractivity contribution in [3.63, 3.8) is 0 Å². The van der Waals surface area contributed by atoms with Gasteiger partial charge < -0.3 is 9.47 Å². The van der Waals surface area contributed by atoms with Crippen LogP contribution in [-0.4, -0.2) is 16.7 Å². The number of hydrogen-bond donors (Lipinski definition) is 0. The summed E-state index contributed by atoms with van der Waals surface area (Å²) in [6.07, 6.45) is 0.427. The molecule has 2 atom stereocenters. The smallest absolute Gasteiger partial charge is 0.343 e. The van der Waals surface area contributed by atoms with Gasteiger partial charge in [-0.1, -0.05) is 64.5 Å². The molecule has 0 spiro atoms. The van der Waals surface area contributed by atoms with E-state index in [4.69, 9.17) is 14.6 Å². The zero-order chi connectivity index (χ0) is 23.8. The number of rotatable bonds is 4. The molecule has 0 saturated heterocycles. The maximum absolute atomic E-state index is 12.5. The fraction of sp³-hybridized carbons (Fsp3) is 0.103. The Balaban J connectivity index is 1.28. The van der Waals surface area contributed by atoms with Crippen molar-refractivity contribution in [3.05, 3.63) is 130 Å². The zero-order valence-corrected chi connectivity index (χ0v) is 20.3. The number of carbonyl (C=O) groups excluding carboxylic acids is 1. The van der Waals surface area contributed by atoms with E-state index < -0.39 is 5.97 Å². The molecular formula is C29H21BrN2O3. The molecule has 35 heavy (non-hydrogen) atoms. The van der Waals surface area contributed by atoms with Crippen molar-refractivity contribution in [3.8, 4) is 11.5 Å². The molecule has 0 bridgehead atoms. The second-order valence-electron chi connectivity index (χ2n) is 8.49. The summed E-state index contributed by atoms with van der Waals surface area (Å²) >= 11 is 3.38. The average Bonchev–Trinajstić information content (AvgIpc) is 3.36. The molecule has 0 fully saturated rings. The van der Waals surface area contributed by atoms with Crippen molar-refractivity contribution in [2.75, 3.05) is 0 Å². The molecule has 0 unspecified atom stereocenters. The van der Waals surface area contributed by atoms with Crippen LogP contribution in [-0.2, 0) is 0 Å². The lowest BCUT2D eigenvalue weighted by atomic mass is 9.96. The Morgan fingerprint density at radius 2 is 1.60 bits per heavy atom. The molecule has 2 heterocycles. The topological polar surface area (TPSA) is 51.1 Å². The first-order valence-electron chi connectivity index (χ1n) is 11.4. The Morgan fingerprint density at radius 1 is 0.886 bits per heavy atom. The number of halogens is 1. The van der Waals surface area contributed by atoms with Gasteiger partial charge in [-0.15, -0.1) is 0 Å². The van der Waals surface area contributed by atoms with Crippen LogP contribution in [0.4, 0.5) is 0 Å². The Hall–Kier alpha value is -3.90. The highest BCUT2D eigenvalue weighted by atomic mass is 79.9. The maximum Gasteiger partial charge on any atom is 0.343 e. The molecule has 4 aromatic rings. The summed E-state index contributed by atoms with van der Waals surface area (Å²) in [6.45, 7) is 0. The van der Waals surface area contributed by atoms with Crippen LogP contribution >= 0.6 is 15.9 Å². The number of esters is 1. The predicted octanol–water partition coefficient (Wildman–Crippen LogP) is 6.91. The third kappa shape index (κ3) is 4.21. The van der Waals surface area contributed by atoms with Crippen molar-refractivity contribution in [1.82, 2.24) is 5.01 Å². The van der Waals surface area contributed by atoms with Crippen LogP contribution in [0.25, 0.3) is 0 Å². The normalized spacial score (nSPS) is 18.2. The minimum atomic E-state index is -0.398. The molecule has 6 rings (SSSR count). The SMILES string of the molecule is O=C(Oc1ccc([C@@H]2Oc3ccccc3[C@@H]3CC(c4ccccc4)=NN32)cc1)c1ccc(Br)cc1. The molecule has 4 aromatic carbocycles. The number of para-hydroxylation sites is 1. The van der Waals surface area contributed by atoms with Gasteiger partial charge in [-0.25, -0.2) is 9.80 Å². The third-order valence-corrected chi connectivity index (χ3v) is 6.79. The molecule has 5 nitrogen and oxygen atoms in total. The second-order valence-corrected chi connectivity index (χ2v) is 9.40. The number of hydrazone groups is 1. The van der Waals surface area contributed by atoms with E-state index in [0.29, 0.717) is 11.3 Å². The third-order valence-electron chi connectivity index (χ3n) is 6.26. The predicted molar refractivity (Wildman–Crippen MR) is 138 cm³/mol. The van der Waals surface area contributed by atoms with E-state index in [0.717, 1.165) is 39.0 Å². The van der Waals surface area contributed by atoms with Gasteiger partial charge in [0.15, 0.2) is 0 Å². The lowest BCUT2D eigenvalue weighted by molar-refractivity contribution is -0.0190. The minimum absolute atomic E-state index is 0.0927. The fourth-order valence-electron chi connectivity index (χ4n) is 4.51. The van der Waals surface area contributed by atoms with E-state index in [-0.39, 0.29) is 12.3 Å². The van der Waals surface area contributed by atoms with Crippen LogP contribution in [0, 0.1) is 0 Å². The van der Waals surface area contributed by atoms with E-state index in [2.05, 4.69) is 34.1 Å². The van der Waals surface area contributed by atoms with Crippen LogP contribution in [0.1, 0.15) is 45.7 Å². The molecule has 0 aromatic heterocycles. The number of nitrogens with zero attached hydrogens (tertiary/aromatic N) is 2. The first-order valence-corrected chi connectivity index (χ1v) is 12.2. The van der Waals surface area contributed by atoms with Gasteiger partial charge in [0.25, 0.3) is 0 Å². The highest BCUT2D eigenvalue weighted by molar-refractivity contribution is 9.10. The molecule has 172 valence electrons. The molecule has 6 heteroatoms. The van der Waals surface area contributed by atoms with Crippen molar-refractivity contribution in [2.24, 2.45) is 5.10 Å². The molecule has 2 aliphatic rings. The lowest BCUT2D eigenvalue weighted by Gasteiger charge is -2.38. The first-order chi connectivity index (χ1) is 17.2. The first kappa shape index (κ1) is 21.6. The summed E-state index contributed by atoms with van der Waals surface area (Å²) in [5, 5.41) is 7.04. The van der Waals surface area contributed by atoms with Gasteiger partial charge in [0.1, 0.15) is 11.5 Å². The number of hydrogen-bond acceptors (Lipinski definition) is 5. The van der Waals surface area contributed by atoms with Gasteiger partial charge in [0.05, 0.1) is 17.3 Å². The molecule has 0 N–H and O–H groups in total. The van der Waals surface area contributed by atoms with Crippen molar-refractivity contribution < 1.29 is 14.3 Å². The quantitative estimate of drug-likeness (QED) is 0.215. The summed E-state index contributed by atoms with van der Waals surface area (Å²) in [4.78, 5) is 12.5. The number of ether oxygens (including phenoxy) is 2. The van der Waals surface area contributed by atoms with Gasteiger partial charge in [-0.05, 0) is 60.2 Å². The standard InChI is InChI=1S/C29H21BrN2O3/c30-22-14-10-21(11-15-22)29(33)34-23-16-12-20(13-17-23)28-32-26(24-8-4-5-9-27(24)35-28)18-25(31-32)19-6-2-1-3-7-19/h1-17,26,28H,18H2/t26-,28-/m0/s1. The Morgan fingerprint density at radius 3 is 2.37 bits per heavy atom. The Kier molecular flexibility index (Phi) is 5.58. The van der Waals surface area contributed by atoms with Gasteiger partial charge in [0.2, 0.25) is 6.23 Å². The number of fused-ring (bicyclic) bond motifs is 3. The number of benzene rings is 4. The fourth-order valence-corrected chi connectivity index (χ4v) is 4.78. The van der Waals surface area contributed by atoms with E-state index in [1.807, 2.05) is 65.7 Å². The van der Waals surface area contributed by atoms with Crippen LogP contribution in [0.2, 0.25) is 0 Å². The molecule has 0 saturated carbocycles. The van der Waals surface area contributed by atoms with Crippen LogP contribution < -0.4 is 9.47 Å². The summed E-state index contributed by atoms with van der Waals surface area (Å²) in [5.41, 5.74) is 4.73. The van der Waals surface area contributed by atoms with Gasteiger partial charge >= 0.3 is 5.97 Å². The molecular weight excluding hydrogens is 504 g/mol. The summed E-state index contributed by atoms with van der Waals surface area (Å²) < 4.78 is 12.9. The molecule has 0 aliphatic carbocycles. The van der Waals surface area contributed by atoms with Crippen molar-refractivity contribution in [2.45, 2.75) is 18.7 Å². The highest BCUT2D eigenvalue weighted by Gasteiger charge is 2.40. The van der Waals surface area contributed by atoms with E-state index in [1.54, 1.807) is 24.3 Å². The van der Waals surface area contributed by atoms with Gasteiger partial charge in [-0.2, -0.15) is 5.10 Å². The monoisotopic (exact) mass is 524 g/mol. The number of carbonyl (C=O) groups is 1. The summed E-state index contributed by atoms with van der Waals surface area (Å²) in [5.74, 6) is 0.947. The van der Waals surface area contributed by atoms with Gasteiger partial charge in [0, 0.05) is 22.0 Å². The average molecular weight is 525 g/mol. The van der Waals surface area contributed by atoms with Crippen molar-refractivity contribution in [1.29, 1.82) is 0 Å². The second kappa shape index (κ2) is 9.04. The van der Waals surface area contributed by atoms with Crippen LogP contribution in [0.15, 0.2) is 113 Å².